The van der Waals surface area contributed by atoms with Crippen LogP contribution in [-0.2, 0) is 13.6 Å². The van der Waals surface area contributed by atoms with Gasteiger partial charge in [-0.1, -0.05) is 24.3 Å². The molecular formula is C17H17N3O. The number of rotatable bonds is 3. The van der Waals surface area contributed by atoms with Gasteiger partial charge >= 0.3 is 0 Å². The molecule has 0 aliphatic rings. The van der Waals surface area contributed by atoms with Crippen LogP contribution in [0.3, 0.4) is 0 Å². The maximum atomic E-state index is 12.5. The Hall–Kier alpha value is -2.62. The second-order valence-electron chi connectivity index (χ2n) is 5.05. The van der Waals surface area contributed by atoms with Crippen molar-refractivity contribution in [3.05, 3.63) is 65.6 Å². The normalized spacial score (nSPS) is 10.8. The van der Waals surface area contributed by atoms with Gasteiger partial charge in [0.15, 0.2) is 0 Å². The van der Waals surface area contributed by atoms with E-state index in [1.807, 2.05) is 61.0 Å². The fourth-order valence-electron chi connectivity index (χ4n) is 2.66. The summed E-state index contributed by atoms with van der Waals surface area (Å²) in [6, 6.07) is 13.7. The van der Waals surface area contributed by atoms with Gasteiger partial charge in [0.1, 0.15) is 5.69 Å². The van der Waals surface area contributed by atoms with Crippen LogP contribution in [0.25, 0.3) is 10.9 Å². The number of hydrogen-bond donors (Lipinski definition) is 1. The van der Waals surface area contributed by atoms with Gasteiger partial charge < -0.3 is 9.88 Å². The van der Waals surface area contributed by atoms with Crippen LogP contribution in [0, 0.1) is 6.92 Å². The number of aromatic nitrogens is 2. The van der Waals surface area contributed by atoms with E-state index >= 15 is 0 Å². The molecule has 2 aromatic heterocycles. The van der Waals surface area contributed by atoms with E-state index in [0.29, 0.717) is 12.2 Å². The summed E-state index contributed by atoms with van der Waals surface area (Å²) < 4.78 is 1.94. The average Bonchev–Trinajstić information content (AvgIpc) is 2.78. The van der Waals surface area contributed by atoms with Crippen LogP contribution in [0.1, 0.15) is 21.7 Å². The van der Waals surface area contributed by atoms with Gasteiger partial charge in [0.25, 0.3) is 5.91 Å². The van der Waals surface area contributed by atoms with E-state index in [1.54, 1.807) is 6.20 Å². The number of fused-ring (bicyclic) bond motifs is 1. The predicted molar refractivity (Wildman–Crippen MR) is 83.1 cm³/mol. The fourth-order valence-corrected chi connectivity index (χ4v) is 2.66. The van der Waals surface area contributed by atoms with E-state index in [-0.39, 0.29) is 5.91 Å². The molecule has 0 unspecified atom stereocenters. The highest BCUT2D eigenvalue weighted by Crippen LogP contribution is 2.24. The lowest BCUT2D eigenvalue weighted by Gasteiger charge is -2.07. The summed E-state index contributed by atoms with van der Waals surface area (Å²) in [6.07, 6.45) is 1.73. The maximum absolute atomic E-state index is 12.5. The molecule has 4 heteroatoms. The zero-order chi connectivity index (χ0) is 14.8. The second-order valence-corrected chi connectivity index (χ2v) is 5.05. The van der Waals surface area contributed by atoms with Crippen LogP contribution in [0.15, 0.2) is 48.7 Å². The molecule has 4 nitrogen and oxygen atoms in total. The highest BCUT2D eigenvalue weighted by Gasteiger charge is 2.17. The van der Waals surface area contributed by atoms with Gasteiger partial charge in [-0.3, -0.25) is 9.78 Å². The Kier molecular flexibility index (Phi) is 3.44. The molecule has 0 bridgehead atoms. The number of carbonyl (C=O) groups is 1. The molecule has 1 N–H and O–H groups in total. The van der Waals surface area contributed by atoms with E-state index < -0.39 is 0 Å². The highest BCUT2D eigenvalue weighted by molar-refractivity contribution is 6.01. The number of para-hydroxylation sites is 1. The highest BCUT2D eigenvalue weighted by atomic mass is 16.1. The molecule has 2 heterocycles. The van der Waals surface area contributed by atoms with Gasteiger partial charge in [-0.2, -0.15) is 0 Å². The van der Waals surface area contributed by atoms with Crippen LogP contribution in [0.5, 0.6) is 0 Å². The average molecular weight is 279 g/mol. The molecule has 1 aromatic carbocycles. The number of nitrogens with zero attached hydrogens (tertiary/aromatic N) is 2. The van der Waals surface area contributed by atoms with E-state index in [9.17, 15) is 4.79 Å². The smallest absolute Gasteiger partial charge is 0.268 e. The number of benzene rings is 1. The number of amides is 1. The monoisotopic (exact) mass is 279 g/mol. The van der Waals surface area contributed by atoms with E-state index in [0.717, 1.165) is 22.2 Å². The molecule has 0 aliphatic heterocycles. The van der Waals surface area contributed by atoms with Crippen LogP contribution in [0.2, 0.25) is 0 Å². The Bertz CT molecular complexity index is 751. The molecule has 0 atom stereocenters. The number of pyridine rings is 1. The van der Waals surface area contributed by atoms with Crippen molar-refractivity contribution >= 4 is 16.8 Å². The third-order valence-corrected chi connectivity index (χ3v) is 3.73. The molecule has 0 saturated carbocycles. The van der Waals surface area contributed by atoms with Crippen LogP contribution in [-0.4, -0.2) is 15.5 Å². The summed E-state index contributed by atoms with van der Waals surface area (Å²) in [5, 5.41) is 4.05. The second kappa shape index (κ2) is 5.40. The lowest BCUT2D eigenvalue weighted by Crippen LogP contribution is -2.26. The summed E-state index contributed by atoms with van der Waals surface area (Å²) in [6.45, 7) is 2.42. The predicted octanol–water partition coefficient (Wildman–Crippen LogP) is 2.81. The van der Waals surface area contributed by atoms with E-state index in [4.69, 9.17) is 0 Å². The maximum Gasteiger partial charge on any atom is 0.268 e. The standard InChI is InChI=1S/C17H17N3O/c1-12-14-8-3-4-9-15(14)20(2)16(12)17(21)19-11-13-7-5-6-10-18-13/h3-10H,11H2,1-2H3,(H,19,21). The number of nitrogens with one attached hydrogen (secondary N) is 1. The van der Waals surface area contributed by atoms with Crippen LogP contribution < -0.4 is 5.32 Å². The summed E-state index contributed by atoms with van der Waals surface area (Å²) in [5.41, 5.74) is 3.62. The van der Waals surface area contributed by atoms with Gasteiger partial charge in [0.2, 0.25) is 0 Å². The molecule has 0 saturated heterocycles. The third-order valence-electron chi connectivity index (χ3n) is 3.73. The fraction of sp³-hybridized carbons (Fsp3) is 0.176. The summed E-state index contributed by atoms with van der Waals surface area (Å²) in [4.78, 5) is 16.7. The molecule has 3 rings (SSSR count). The van der Waals surface area contributed by atoms with Crippen molar-refractivity contribution in [3.63, 3.8) is 0 Å². The van der Waals surface area contributed by atoms with E-state index in [1.165, 1.54) is 0 Å². The zero-order valence-corrected chi connectivity index (χ0v) is 12.1. The zero-order valence-electron chi connectivity index (χ0n) is 12.1. The first-order valence-electron chi connectivity index (χ1n) is 6.90. The van der Waals surface area contributed by atoms with Crippen LogP contribution in [0.4, 0.5) is 0 Å². The van der Waals surface area contributed by atoms with Crippen molar-refractivity contribution in [1.29, 1.82) is 0 Å². The minimum absolute atomic E-state index is 0.0724. The Morgan fingerprint density at radius 3 is 2.67 bits per heavy atom. The van der Waals surface area contributed by atoms with Gasteiger partial charge in [-0.25, -0.2) is 0 Å². The molecule has 3 aromatic rings. The molecule has 0 spiro atoms. The topological polar surface area (TPSA) is 46.9 Å². The summed E-state index contributed by atoms with van der Waals surface area (Å²) in [7, 11) is 1.92. The first-order valence-corrected chi connectivity index (χ1v) is 6.90. The molecule has 0 aliphatic carbocycles. The van der Waals surface area contributed by atoms with Crippen molar-refractivity contribution in [2.24, 2.45) is 7.05 Å². The molecule has 0 fully saturated rings. The van der Waals surface area contributed by atoms with Crippen LogP contribution >= 0.6 is 0 Å². The number of carbonyl (C=O) groups excluding carboxylic acids is 1. The molecule has 0 radical (unpaired) electrons. The molecule has 1 amide bonds. The Labute approximate surface area is 123 Å². The lowest BCUT2D eigenvalue weighted by atomic mass is 10.1. The van der Waals surface area contributed by atoms with Crippen molar-refractivity contribution in [1.82, 2.24) is 14.9 Å². The van der Waals surface area contributed by atoms with Gasteiger partial charge in [-0.15, -0.1) is 0 Å². The van der Waals surface area contributed by atoms with Gasteiger partial charge in [-0.05, 0) is 30.7 Å². The molecule has 106 valence electrons. The number of aryl methyl sites for hydroxylation is 2. The summed E-state index contributed by atoms with van der Waals surface area (Å²) >= 11 is 0. The van der Waals surface area contributed by atoms with Gasteiger partial charge in [0.05, 0.1) is 12.2 Å². The first-order chi connectivity index (χ1) is 10.2. The molecule has 21 heavy (non-hydrogen) atoms. The lowest BCUT2D eigenvalue weighted by molar-refractivity contribution is 0.0942. The largest absolute Gasteiger partial charge is 0.345 e. The van der Waals surface area contributed by atoms with Crippen molar-refractivity contribution in [2.75, 3.05) is 0 Å². The Morgan fingerprint density at radius 1 is 1.19 bits per heavy atom. The summed E-state index contributed by atoms with van der Waals surface area (Å²) in [5.74, 6) is -0.0724. The number of hydrogen-bond acceptors (Lipinski definition) is 2. The Balaban J connectivity index is 1.88. The van der Waals surface area contributed by atoms with Gasteiger partial charge in [0, 0.05) is 24.1 Å². The Morgan fingerprint density at radius 2 is 1.95 bits per heavy atom. The minimum atomic E-state index is -0.0724. The molecular weight excluding hydrogens is 262 g/mol. The quantitative estimate of drug-likeness (QED) is 0.801. The SMILES string of the molecule is Cc1c(C(=O)NCc2ccccn2)n(C)c2ccccc12. The van der Waals surface area contributed by atoms with E-state index in [2.05, 4.69) is 10.3 Å². The van der Waals surface area contributed by atoms with Crippen molar-refractivity contribution in [3.8, 4) is 0 Å². The first kappa shape index (κ1) is 13.4. The minimum Gasteiger partial charge on any atom is -0.345 e. The van der Waals surface area contributed by atoms with Crippen molar-refractivity contribution < 1.29 is 4.79 Å². The van der Waals surface area contributed by atoms with Crippen molar-refractivity contribution in [2.45, 2.75) is 13.5 Å². The third kappa shape index (κ3) is 2.40.